The van der Waals surface area contributed by atoms with Gasteiger partial charge in [0.15, 0.2) is 6.23 Å². The van der Waals surface area contributed by atoms with E-state index in [0.29, 0.717) is 5.92 Å². The molecule has 3 atom stereocenters. The molecule has 1 aliphatic rings. The molecule has 0 spiro atoms. The molecule has 1 amide bonds. The normalized spacial score (nSPS) is 29.1. The molecule has 4 heteroatoms. The van der Waals surface area contributed by atoms with Gasteiger partial charge in [-0.05, 0) is 24.2 Å². The van der Waals surface area contributed by atoms with Gasteiger partial charge < -0.3 is 14.8 Å². The number of ether oxygens (including phenoxy) is 2. The van der Waals surface area contributed by atoms with E-state index in [9.17, 15) is 4.79 Å². The van der Waals surface area contributed by atoms with Gasteiger partial charge in [0.2, 0.25) is 5.91 Å². The van der Waals surface area contributed by atoms with Crippen LogP contribution in [0.1, 0.15) is 47.5 Å². The number of hydrogen-bond acceptors (Lipinski definition) is 3. The topological polar surface area (TPSA) is 47.6 Å². The molecule has 1 saturated heterocycles. The Morgan fingerprint density at radius 1 is 1.44 bits per heavy atom. The Kier molecular flexibility index (Phi) is 5.17. The van der Waals surface area contributed by atoms with Crippen molar-refractivity contribution in [2.45, 2.75) is 65.9 Å². The zero-order valence-electron chi connectivity index (χ0n) is 12.4. The summed E-state index contributed by atoms with van der Waals surface area (Å²) in [6.07, 6.45) is 1.79. The number of rotatable bonds is 4. The molecule has 0 aliphatic carbocycles. The van der Waals surface area contributed by atoms with Crippen LogP contribution in [-0.2, 0) is 14.3 Å². The van der Waals surface area contributed by atoms with E-state index < -0.39 is 0 Å². The fraction of sp³-hybridized carbons (Fsp3) is 0.929. The Bertz CT molecular complexity index is 289. The molecular formula is C14H27NO3. The minimum Gasteiger partial charge on any atom is -0.369 e. The Morgan fingerprint density at radius 3 is 2.50 bits per heavy atom. The van der Waals surface area contributed by atoms with Crippen molar-refractivity contribution in [3.63, 3.8) is 0 Å². The van der Waals surface area contributed by atoms with Crippen LogP contribution < -0.4 is 5.32 Å². The SMILES string of the molecule is CO[C@@H](NC(C)=O)C1CCC(C)(C)C(C(C)C)O1. The lowest BCUT2D eigenvalue weighted by Crippen LogP contribution is -2.52. The van der Waals surface area contributed by atoms with Gasteiger partial charge in [-0.25, -0.2) is 0 Å². The molecule has 0 aromatic carbocycles. The van der Waals surface area contributed by atoms with Crippen molar-refractivity contribution in [3.05, 3.63) is 0 Å². The molecule has 1 rings (SSSR count). The molecule has 18 heavy (non-hydrogen) atoms. The largest absolute Gasteiger partial charge is 0.369 e. The summed E-state index contributed by atoms with van der Waals surface area (Å²) in [6.45, 7) is 10.3. The molecule has 1 N–H and O–H groups in total. The predicted molar refractivity (Wildman–Crippen MR) is 71.1 cm³/mol. The Labute approximate surface area is 110 Å². The second-order valence-electron chi connectivity index (χ2n) is 6.22. The van der Waals surface area contributed by atoms with E-state index in [0.717, 1.165) is 12.8 Å². The molecule has 1 fully saturated rings. The molecule has 0 radical (unpaired) electrons. The lowest BCUT2D eigenvalue weighted by atomic mass is 9.74. The zero-order valence-corrected chi connectivity index (χ0v) is 12.4. The summed E-state index contributed by atoms with van der Waals surface area (Å²) in [5.41, 5.74) is 0.180. The van der Waals surface area contributed by atoms with E-state index in [4.69, 9.17) is 9.47 Å². The van der Waals surface area contributed by atoms with E-state index in [1.54, 1.807) is 7.11 Å². The van der Waals surface area contributed by atoms with Gasteiger partial charge in [0.05, 0.1) is 6.10 Å². The number of carbonyl (C=O) groups excluding carboxylic acids is 1. The smallest absolute Gasteiger partial charge is 0.218 e. The lowest BCUT2D eigenvalue weighted by molar-refractivity contribution is -0.182. The highest BCUT2D eigenvalue weighted by atomic mass is 16.6. The Hall–Kier alpha value is -0.610. The van der Waals surface area contributed by atoms with Crippen molar-refractivity contribution >= 4 is 5.91 Å². The highest BCUT2D eigenvalue weighted by Crippen LogP contribution is 2.40. The van der Waals surface area contributed by atoms with Crippen LogP contribution in [0.5, 0.6) is 0 Å². The minimum absolute atomic E-state index is 0.0562. The molecule has 1 heterocycles. The molecular weight excluding hydrogens is 230 g/mol. The van der Waals surface area contributed by atoms with Gasteiger partial charge >= 0.3 is 0 Å². The Morgan fingerprint density at radius 2 is 2.06 bits per heavy atom. The number of amides is 1. The van der Waals surface area contributed by atoms with Gasteiger partial charge in [-0.3, -0.25) is 4.79 Å². The molecule has 0 bridgehead atoms. The van der Waals surface area contributed by atoms with Crippen LogP contribution in [0.15, 0.2) is 0 Å². The monoisotopic (exact) mass is 257 g/mol. The Balaban J connectivity index is 2.72. The first-order valence-corrected chi connectivity index (χ1v) is 6.73. The lowest BCUT2D eigenvalue weighted by Gasteiger charge is -2.46. The van der Waals surface area contributed by atoms with Crippen molar-refractivity contribution in [1.29, 1.82) is 0 Å². The first-order chi connectivity index (χ1) is 8.27. The minimum atomic E-state index is -0.347. The van der Waals surface area contributed by atoms with Crippen molar-refractivity contribution in [2.24, 2.45) is 11.3 Å². The fourth-order valence-corrected chi connectivity index (χ4v) is 2.88. The highest BCUT2D eigenvalue weighted by molar-refractivity contribution is 5.73. The van der Waals surface area contributed by atoms with Gasteiger partial charge in [0.1, 0.15) is 6.10 Å². The van der Waals surface area contributed by atoms with Crippen LogP contribution in [0.25, 0.3) is 0 Å². The van der Waals surface area contributed by atoms with Crippen molar-refractivity contribution < 1.29 is 14.3 Å². The van der Waals surface area contributed by atoms with Gasteiger partial charge in [-0.1, -0.05) is 27.7 Å². The third-order valence-corrected chi connectivity index (χ3v) is 3.71. The maximum Gasteiger partial charge on any atom is 0.218 e. The summed E-state index contributed by atoms with van der Waals surface area (Å²) < 4.78 is 11.5. The van der Waals surface area contributed by atoms with Crippen LogP contribution in [0.3, 0.4) is 0 Å². The third kappa shape index (κ3) is 3.69. The molecule has 0 aromatic heterocycles. The fourth-order valence-electron chi connectivity index (χ4n) is 2.88. The van der Waals surface area contributed by atoms with Crippen molar-refractivity contribution in [3.8, 4) is 0 Å². The second-order valence-corrected chi connectivity index (χ2v) is 6.22. The van der Waals surface area contributed by atoms with Crippen LogP contribution >= 0.6 is 0 Å². The summed E-state index contributed by atoms with van der Waals surface area (Å²) in [7, 11) is 1.61. The average molecular weight is 257 g/mol. The molecule has 0 saturated carbocycles. The van der Waals surface area contributed by atoms with E-state index in [2.05, 4.69) is 33.0 Å². The molecule has 0 aromatic rings. The first kappa shape index (κ1) is 15.4. The van der Waals surface area contributed by atoms with E-state index in [-0.39, 0.29) is 29.8 Å². The van der Waals surface area contributed by atoms with Crippen LogP contribution in [0.4, 0.5) is 0 Å². The summed E-state index contributed by atoms with van der Waals surface area (Å²) in [6, 6.07) is 0. The zero-order chi connectivity index (χ0) is 13.9. The highest BCUT2D eigenvalue weighted by Gasteiger charge is 2.41. The maximum absolute atomic E-state index is 11.2. The van der Waals surface area contributed by atoms with Gasteiger partial charge in [-0.15, -0.1) is 0 Å². The van der Waals surface area contributed by atoms with E-state index in [1.807, 2.05) is 0 Å². The average Bonchev–Trinajstić information content (AvgIpc) is 2.25. The summed E-state index contributed by atoms with van der Waals surface area (Å²) >= 11 is 0. The number of carbonyl (C=O) groups is 1. The van der Waals surface area contributed by atoms with Crippen molar-refractivity contribution in [2.75, 3.05) is 7.11 Å². The second kappa shape index (κ2) is 6.02. The third-order valence-electron chi connectivity index (χ3n) is 3.71. The molecule has 1 aliphatic heterocycles. The summed E-state index contributed by atoms with van der Waals surface area (Å²) in [5.74, 6) is 0.369. The van der Waals surface area contributed by atoms with Crippen molar-refractivity contribution in [1.82, 2.24) is 5.32 Å². The van der Waals surface area contributed by atoms with Crippen LogP contribution in [0.2, 0.25) is 0 Å². The quantitative estimate of drug-likeness (QED) is 0.786. The molecule has 2 unspecified atom stereocenters. The number of nitrogens with one attached hydrogen (secondary N) is 1. The molecule has 106 valence electrons. The van der Waals surface area contributed by atoms with Gasteiger partial charge in [-0.2, -0.15) is 0 Å². The summed E-state index contributed by atoms with van der Waals surface area (Å²) in [4.78, 5) is 11.2. The van der Waals surface area contributed by atoms with Crippen LogP contribution in [0, 0.1) is 11.3 Å². The summed E-state index contributed by atoms with van der Waals surface area (Å²) in [5, 5.41) is 2.80. The molecule has 4 nitrogen and oxygen atoms in total. The number of hydrogen-bond donors (Lipinski definition) is 1. The number of methoxy groups -OCH3 is 1. The standard InChI is InChI=1S/C14H27NO3/c1-9(2)12-14(4,5)8-7-11(18-12)13(17-6)15-10(3)16/h9,11-13H,7-8H2,1-6H3,(H,15,16)/t11?,12?,13-/m1/s1. The van der Waals surface area contributed by atoms with Crippen LogP contribution in [-0.4, -0.2) is 31.5 Å². The maximum atomic E-state index is 11.2. The van der Waals surface area contributed by atoms with Gasteiger partial charge in [0.25, 0.3) is 0 Å². The van der Waals surface area contributed by atoms with E-state index in [1.165, 1.54) is 6.92 Å². The predicted octanol–water partition coefficient (Wildman–Crippen LogP) is 2.32. The van der Waals surface area contributed by atoms with Gasteiger partial charge in [0, 0.05) is 14.0 Å². The first-order valence-electron chi connectivity index (χ1n) is 6.73. The van der Waals surface area contributed by atoms with E-state index >= 15 is 0 Å².